The number of hydrogen-bond donors (Lipinski definition) is 0. The minimum Gasteiger partial charge on any atom is -0.378 e. The SMILES string of the molecule is Cc1c(C(=O)Cl)cccc1N1CCOCC1. The number of carbonyl (C=O) groups excluding carboxylic acids is 1. The number of anilines is 1. The van der Waals surface area contributed by atoms with Crippen molar-refractivity contribution in [2.75, 3.05) is 31.2 Å². The van der Waals surface area contributed by atoms with E-state index in [0.717, 1.165) is 37.6 Å². The average molecular weight is 240 g/mol. The van der Waals surface area contributed by atoms with Crippen LogP contribution in [0.25, 0.3) is 0 Å². The second-order valence-corrected chi connectivity index (χ2v) is 4.17. The highest BCUT2D eigenvalue weighted by molar-refractivity contribution is 6.68. The van der Waals surface area contributed by atoms with E-state index in [4.69, 9.17) is 16.3 Å². The lowest BCUT2D eigenvalue weighted by Gasteiger charge is -2.30. The van der Waals surface area contributed by atoms with Gasteiger partial charge in [-0.2, -0.15) is 0 Å². The van der Waals surface area contributed by atoms with Crippen molar-refractivity contribution < 1.29 is 9.53 Å². The van der Waals surface area contributed by atoms with Gasteiger partial charge in [0.05, 0.1) is 13.2 Å². The first-order valence-electron chi connectivity index (χ1n) is 5.32. The van der Waals surface area contributed by atoms with Crippen LogP contribution in [0.1, 0.15) is 15.9 Å². The van der Waals surface area contributed by atoms with Gasteiger partial charge in [0, 0.05) is 24.3 Å². The van der Waals surface area contributed by atoms with Gasteiger partial charge in [0.15, 0.2) is 0 Å². The third-order valence-corrected chi connectivity index (χ3v) is 3.07. The zero-order valence-corrected chi connectivity index (χ0v) is 9.96. The summed E-state index contributed by atoms with van der Waals surface area (Å²) in [5, 5.41) is -0.396. The smallest absolute Gasteiger partial charge is 0.252 e. The molecule has 86 valence electrons. The first-order valence-corrected chi connectivity index (χ1v) is 5.70. The van der Waals surface area contributed by atoms with Crippen molar-refractivity contribution in [3.63, 3.8) is 0 Å². The Bertz CT molecular complexity index is 400. The zero-order chi connectivity index (χ0) is 11.5. The summed E-state index contributed by atoms with van der Waals surface area (Å²) < 4.78 is 5.30. The predicted octanol–water partition coefficient (Wildman–Crippen LogP) is 2.21. The van der Waals surface area contributed by atoms with Crippen molar-refractivity contribution in [1.29, 1.82) is 0 Å². The van der Waals surface area contributed by atoms with Crippen LogP contribution in [0.15, 0.2) is 18.2 Å². The van der Waals surface area contributed by atoms with Gasteiger partial charge in [-0.15, -0.1) is 0 Å². The Labute approximate surface area is 100.0 Å². The van der Waals surface area contributed by atoms with Crippen molar-refractivity contribution in [3.8, 4) is 0 Å². The van der Waals surface area contributed by atoms with Gasteiger partial charge in [0.1, 0.15) is 0 Å². The summed E-state index contributed by atoms with van der Waals surface area (Å²) in [6, 6.07) is 5.64. The normalized spacial score (nSPS) is 16.2. The van der Waals surface area contributed by atoms with Crippen LogP contribution in [0.2, 0.25) is 0 Å². The first-order chi connectivity index (χ1) is 7.70. The molecule has 0 spiro atoms. The minimum atomic E-state index is -0.396. The number of carbonyl (C=O) groups is 1. The van der Waals surface area contributed by atoms with Crippen LogP contribution in [-0.4, -0.2) is 31.5 Å². The second kappa shape index (κ2) is 4.85. The molecule has 2 rings (SSSR count). The molecule has 0 bridgehead atoms. The molecule has 0 N–H and O–H groups in total. The summed E-state index contributed by atoms with van der Waals surface area (Å²) in [6.45, 7) is 5.12. The lowest BCUT2D eigenvalue weighted by atomic mass is 10.1. The maximum absolute atomic E-state index is 11.2. The van der Waals surface area contributed by atoms with Gasteiger partial charge in [-0.3, -0.25) is 4.79 Å². The molecule has 1 aliphatic rings. The van der Waals surface area contributed by atoms with Crippen LogP contribution in [0.3, 0.4) is 0 Å². The fraction of sp³-hybridized carbons (Fsp3) is 0.417. The highest BCUT2D eigenvalue weighted by atomic mass is 35.5. The Kier molecular flexibility index (Phi) is 3.46. The van der Waals surface area contributed by atoms with Gasteiger partial charge in [-0.1, -0.05) is 6.07 Å². The highest BCUT2D eigenvalue weighted by Crippen LogP contribution is 2.24. The van der Waals surface area contributed by atoms with Gasteiger partial charge in [0.2, 0.25) is 0 Å². The van der Waals surface area contributed by atoms with E-state index in [2.05, 4.69) is 4.90 Å². The van der Waals surface area contributed by atoms with Crippen LogP contribution >= 0.6 is 11.6 Å². The Balaban J connectivity index is 2.33. The molecule has 1 aliphatic heterocycles. The van der Waals surface area contributed by atoms with Crippen LogP contribution in [0.4, 0.5) is 5.69 Å². The molecular weight excluding hydrogens is 226 g/mol. The van der Waals surface area contributed by atoms with E-state index in [1.54, 1.807) is 6.07 Å². The van der Waals surface area contributed by atoms with Crippen LogP contribution in [-0.2, 0) is 4.74 Å². The quantitative estimate of drug-likeness (QED) is 0.742. The van der Waals surface area contributed by atoms with E-state index in [-0.39, 0.29) is 0 Å². The molecule has 0 saturated carbocycles. The van der Waals surface area contributed by atoms with Gasteiger partial charge in [-0.05, 0) is 36.2 Å². The molecule has 0 radical (unpaired) electrons. The topological polar surface area (TPSA) is 29.5 Å². The number of halogens is 1. The number of nitrogens with zero attached hydrogens (tertiary/aromatic N) is 1. The fourth-order valence-electron chi connectivity index (χ4n) is 1.98. The molecule has 1 fully saturated rings. The molecule has 1 aromatic rings. The Morgan fingerprint density at radius 1 is 1.38 bits per heavy atom. The van der Waals surface area contributed by atoms with Crippen LogP contribution in [0, 0.1) is 6.92 Å². The minimum absolute atomic E-state index is 0.396. The number of morpholine rings is 1. The third kappa shape index (κ3) is 2.20. The Hall–Kier alpha value is -1.06. The van der Waals surface area contributed by atoms with Crippen molar-refractivity contribution in [2.24, 2.45) is 0 Å². The molecule has 4 heteroatoms. The molecule has 0 unspecified atom stereocenters. The van der Waals surface area contributed by atoms with Crippen molar-refractivity contribution in [2.45, 2.75) is 6.92 Å². The number of benzene rings is 1. The van der Waals surface area contributed by atoms with Gasteiger partial charge < -0.3 is 9.64 Å². The maximum atomic E-state index is 11.2. The molecule has 1 aromatic carbocycles. The van der Waals surface area contributed by atoms with Gasteiger partial charge in [0.25, 0.3) is 5.24 Å². The number of ether oxygens (including phenoxy) is 1. The van der Waals surface area contributed by atoms with E-state index in [9.17, 15) is 4.79 Å². The average Bonchev–Trinajstić information content (AvgIpc) is 2.30. The lowest BCUT2D eigenvalue weighted by Crippen LogP contribution is -2.36. The van der Waals surface area contributed by atoms with Gasteiger partial charge >= 0.3 is 0 Å². The number of rotatable bonds is 2. The molecule has 3 nitrogen and oxygen atoms in total. The molecule has 16 heavy (non-hydrogen) atoms. The summed E-state index contributed by atoms with van der Waals surface area (Å²) in [7, 11) is 0. The molecule has 1 saturated heterocycles. The standard InChI is InChI=1S/C12H14ClNO2/c1-9-10(12(13)15)3-2-4-11(9)14-5-7-16-8-6-14/h2-4H,5-8H2,1H3. The zero-order valence-electron chi connectivity index (χ0n) is 9.20. The van der Waals surface area contributed by atoms with E-state index >= 15 is 0 Å². The first kappa shape index (κ1) is 11.4. The second-order valence-electron chi connectivity index (χ2n) is 3.82. The maximum Gasteiger partial charge on any atom is 0.252 e. The Morgan fingerprint density at radius 3 is 2.69 bits per heavy atom. The largest absolute Gasteiger partial charge is 0.378 e. The van der Waals surface area contributed by atoms with E-state index in [1.165, 1.54) is 0 Å². The predicted molar refractivity (Wildman–Crippen MR) is 64.4 cm³/mol. The highest BCUT2D eigenvalue weighted by Gasteiger charge is 2.16. The summed E-state index contributed by atoms with van der Waals surface area (Å²) in [4.78, 5) is 13.4. The number of hydrogen-bond acceptors (Lipinski definition) is 3. The molecule has 0 aliphatic carbocycles. The van der Waals surface area contributed by atoms with Crippen molar-refractivity contribution in [1.82, 2.24) is 0 Å². The lowest BCUT2D eigenvalue weighted by molar-refractivity contribution is 0.108. The fourth-order valence-corrected chi connectivity index (χ4v) is 2.19. The Morgan fingerprint density at radius 2 is 2.06 bits per heavy atom. The van der Waals surface area contributed by atoms with Crippen molar-refractivity contribution >= 4 is 22.5 Å². The van der Waals surface area contributed by atoms with E-state index in [0.29, 0.717) is 5.56 Å². The monoisotopic (exact) mass is 239 g/mol. The van der Waals surface area contributed by atoms with E-state index < -0.39 is 5.24 Å². The summed E-state index contributed by atoms with van der Waals surface area (Å²) >= 11 is 5.54. The van der Waals surface area contributed by atoms with E-state index in [1.807, 2.05) is 19.1 Å². The van der Waals surface area contributed by atoms with Crippen molar-refractivity contribution in [3.05, 3.63) is 29.3 Å². The van der Waals surface area contributed by atoms with Crippen LogP contribution in [0.5, 0.6) is 0 Å². The summed E-state index contributed by atoms with van der Waals surface area (Å²) in [5.74, 6) is 0. The molecule has 1 heterocycles. The molecule has 0 atom stereocenters. The van der Waals surface area contributed by atoms with Crippen LogP contribution < -0.4 is 4.90 Å². The third-order valence-electron chi connectivity index (χ3n) is 2.87. The molecular formula is C12H14ClNO2. The molecule has 0 aromatic heterocycles. The molecule has 0 amide bonds. The van der Waals surface area contributed by atoms with Gasteiger partial charge in [-0.25, -0.2) is 0 Å². The summed E-state index contributed by atoms with van der Waals surface area (Å²) in [5.41, 5.74) is 2.62. The summed E-state index contributed by atoms with van der Waals surface area (Å²) in [6.07, 6.45) is 0.